The van der Waals surface area contributed by atoms with E-state index in [4.69, 9.17) is 0 Å². The standard InChI is InChI=1S/C24H29F2N3O3S/c1-17-4-3-5-23(18(17)2)27-12-14-28(15-13-27)24(30)19-8-10-29(11-9-19)33(31,32)20-6-7-21(25)22(26)16-20/h3-7,16,19H,8-15H2,1-2H3. The van der Waals surface area contributed by atoms with Crippen molar-refractivity contribution in [3.63, 3.8) is 0 Å². The Labute approximate surface area is 193 Å². The van der Waals surface area contributed by atoms with Crippen molar-refractivity contribution < 1.29 is 22.0 Å². The average molecular weight is 478 g/mol. The zero-order valence-electron chi connectivity index (χ0n) is 18.9. The lowest BCUT2D eigenvalue weighted by molar-refractivity contribution is -0.137. The van der Waals surface area contributed by atoms with Gasteiger partial charge in [-0.2, -0.15) is 4.31 Å². The Hall–Kier alpha value is -2.52. The molecule has 6 nitrogen and oxygen atoms in total. The summed E-state index contributed by atoms with van der Waals surface area (Å²) < 4.78 is 53.5. The number of amides is 1. The Balaban J connectivity index is 1.33. The van der Waals surface area contributed by atoms with E-state index in [0.29, 0.717) is 32.0 Å². The Kier molecular flexibility index (Phi) is 6.72. The van der Waals surface area contributed by atoms with Crippen molar-refractivity contribution in [3.05, 3.63) is 59.2 Å². The molecule has 0 aromatic heterocycles. The van der Waals surface area contributed by atoms with Crippen LogP contribution >= 0.6 is 0 Å². The van der Waals surface area contributed by atoms with Gasteiger partial charge in [0.2, 0.25) is 15.9 Å². The van der Waals surface area contributed by atoms with Crippen molar-refractivity contribution in [1.29, 1.82) is 0 Å². The van der Waals surface area contributed by atoms with E-state index in [1.807, 2.05) is 4.90 Å². The van der Waals surface area contributed by atoms with Gasteiger partial charge in [0, 0.05) is 50.9 Å². The zero-order chi connectivity index (χ0) is 23.8. The van der Waals surface area contributed by atoms with Crippen LogP contribution in [-0.2, 0) is 14.8 Å². The van der Waals surface area contributed by atoms with Crippen LogP contribution in [0, 0.1) is 31.4 Å². The molecule has 0 spiro atoms. The molecule has 0 atom stereocenters. The topological polar surface area (TPSA) is 60.9 Å². The van der Waals surface area contributed by atoms with Crippen molar-refractivity contribution in [2.24, 2.45) is 5.92 Å². The van der Waals surface area contributed by atoms with E-state index >= 15 is 0 Å². The van der Waals surface area contributed by atoms with E-state index in [-0.39, 0.29) is 29.8 Å². The fourth-order valence-electron chi connectivity index (χ4n) is 4.63. The molecule has 2 fully saturated rings. The molecule has 2 aromatic rings. The van der Waals surface area contributed by atoms with Gasteiger partial charge in [-0.25, -0.2) is 17.2 Å². The maximum Gasteiger partial charge on any atom is 0.243 e. The van der Waals surface area contributed by atoms with Gasteiger partial charge in [0.15, 0.2) is 11.6 Å². The zero-order valence-corrected chi connectivity index (χ0v) is 19.7. The van der Waals surface area contributed by atoms with Gasteiger partial charge in [-0.15, -0.1) is 0 Å². The number of anilines is 1. The summed E-state index contributed by atoms with van der Waals surface area (Å²) in [6, 6.07) is 8.85. The summed E-state index contributed by atoms with van der Waals surface area (Å²) in [6.45, 7) is 7.38. The van der Waals surface area contributed by atoms with Crippen molar-refractivity contribution in [2.45, 2.75) is 31.6 Å². The highest BCUT2D eigenvalue weighted by Crippen LogP contribution is 2.28. The number of hydrogen-bond donors (Lipinski definition) is 0. The van der Waals surface area contributed by atoms with Crippen molar-refractivity contribution in [2.75, 3.05) is 44.2 Å². The molecule has 0 saturated carbocycles. The third-order valence-electron chi connectivity index (χ3n) is 6.84. The molecule has 4 rings (SSSR count). The fourth-order valence-corrected chi connectivity index (χ4v) is 6.12. The van der Waals surface area contributed by atoms with Crippen LogP contribution in [0.2, 0.25) is 0 Å². The van der Waals surface area contributed by atoms with Gasteiger partial charge >= 0.3 is 0 Å². The van der Waals surface area contributed by atoms with E-state index in [1.165, 1.54) is 21.1 Å². The van der Waals surface area contributed by atoms with Crippen molar-refractivity contribution in [1.82, 2.24) is 9.21 Å². The van der Waals surface area contributed by atoms with Crippen LogP contribution in [0.3, 0.4) is 0 Å². The van der Waals surface area contributed by atoms with Crippen LogP contribution in [0.1, 0.15) is 24.0 Å². The molecule has 2 aromatic carbocycles. The predicted molar refractivity (Wildman–Crippen MR) is 123 cm³/mol. The van der Waals surface area contributed by atoms with E-state index in [9.17, 15) is 22.0 Å². The van der Waals surface area contributed by atoms with Gasteiger partial charge in [-0.1, -0.05) is 12.1 Å². The van der Waals surface area contributed by atoms with Crippen LogP contribution in [0.5, 0.6) is 0 Å². The second-order valence-electron chi connectivity index (χ2n) is 8.79. The number of aryl methyl sites for hydroxylation is 1. The molecule has 2 heterocycles. The largest absolute Gasteiger partial charge is 0.368 e. The summed E-state index contributed by atoms with van der Waals surface area (Å²) in [5, 5.41) is 0. The molecule has 178 valence electrons. The molecule has 2 saturated heterocycles. The van der Waals surface area contributed by atoms with Crippen LogP contribution in [0.25, 0.3) is 0 Å². The first kappa shape index (κ1) is 23.6. The minimum Gasteiger partial charge on any atom is -0.368 e. The lowest BCUT2D eigenvalue weighted by Gasteiger charge is -2.39. The Morgan fingerprint density at radius 2 is 1.58 bits per heavy atom. The molecule has 0 bridgehead atoms. The molecule has 1 amide bonds. The summed E-state index contributed by atoms with van der Waals surface area (Å²) in [6.07, 6.45) is 0.831. The van der Waals surface area contributed by atoms with Gasteiger partial charge in [0.1, 0.15) is 0 Å². The first-order valence-corrected chi connectivity index (χ1v) is 12.7. The van der Waals surface area contributed by atoms with E-state index < -0.39 is 21.7 Å². The number of piperazine rings is 1. The summed E-state index contributed by atoms with van der Waals surface area (Å²) in [7, 11) is -3.93. The number of carbonyl (C=O) groups is 1. The number of nitrogens with zero attached hydrogens (tertiary/aromatic N) is 3. The predicted octanol–water partition coefficient (Wildman–Crippen LogP) is 3.33. The lowest BCUT2D eigenvalue weighted by atomic mass is 9.96. The molecule has 2 aliphatic rings. The second-order valence-corrected chi connectivity index (χ2v) is 10.7. The molecule has 9 heteroatoms. The first-order chi connectivity index (χ1) is 15.7. The highest BCUT2D eigenvalue weighted by atomic mass is 32.2. The van der Waals surface area contributed by atoms with Gasteiger partial charge in [-0.05, 0) is 62.1 Å². The summed E-state index contributed by atoms with van der Waals surface area (Å²) >= 11 is 0. The Morgan fingerprint density at radius 3 is 2.21 bits per heavy atom. The molecule has 0 aliphatic carbocycles. The quantitative estimate of drug-likeness (QED) is 0.678. The lowest BCUT2D eigenvalue weighted by Crippen LogP contribution is -2.52. The van der Waals surface area contributed by atoms with Crippen LogP contribution < -0.4 is 4.90 Å². The number of sulfonamides is 1. The molecular formula is C24H29F2N3O3S. The second kappa shape index (κ2) is 9.38. The molecule has 0 radical (unpaired) electrons. The SMILES string of the molecule is Cc1cccc(N2CCN(C(=O)C3CCN(S(=O)(=O)c4ccc(F)c(F)c4)CC3)CC2)c1C. The van der Waals surface area contributed by atoms with Gasteiger partial charge in [-0.3, -0.25) is 4.79 Å². The molecule has 33 heavy (non-hydrogen) atoms. The summed E-state index contributed by atoms with van der Waals surface area (Å²) in [5.41, 5.74) is 3.71. The molecule has 0 unspecified atom stereocenters. The average Bonchev–Trinajstić information content (AvgIpc) is 2.82. The number of rotatable bonds is 4. The highest BCUT2D eigenvalue weighted by Gasteiger charge is 2.35. The summed E-state index contributed by atoms with van der Waals surface area (Å²) in [4.78, 5) is 17.0. The van der Waals surface area contributed by atoms with E-state index in [1.54, 1.807) is 0 Å². The maximum absolute atomic E-state index is 13.5. The highest BCUT2D eigenvalue weighted by molar-refractivity contribution is 7.89. The normalized spacial score (nSPS) is 18.5. The van der Waals surface area contributed by atoms with Crippen LogP contribution in [-0.4, -0.2) is 62.8 Å². The third-order valence-corrected chi connectivity index (χ3v) is 8.73. The number of piperidine rings is 1. The van der Waals surface area contributed by atoms with Gasteiger partial charge in [0.25, 0.3) is 0 Å². The molecule has 2 aliphatic heterocycles. The molecular weight excluding hydrogens is 448 g/mol. The molecule has 0 N–H and O–H groups in total. The van der Waals surface area contributed by atoms with Gasteiger partial charge < -0.3 is 9.80 Å². The number of halogens is 2. The van der Waals surface area contributed by atoms with Crippen molar-refractivity contribution in [3.8, 4) is 0 Å². The first-order valence-electron chi connectivity index (χ1n) is 11.2. The number of carbonyl (C=O) groups excluding carboxylic acids is 1. The van der Waals surface area contributed by atoms with Crippen LogP contribution in [0.4, 0.5) is 14.5 Å². The van der Waals surface area contributed by atoms with Gasteiger partial charge in [0.05, 0.1) is 4.90 Å². The number of hydrogen-bond acceptors (Lipinski definition) is 4. The monoisotopic (exact) mass is 477 g/mol. The van der Waals surface area contributed by atoms with E-state index in [2.05, 4.69) is 36.9 Å². The van der Waals surface area contributed by atoms with E-state index in [0.717, 1.165) is 25.2 Å². The Bertz CT molecular complexity index is 1140. The van der Waals surface area contributed by atoms with Crippen molar-refractivity contribution >= 4 is 21.6 Å². The third kappa shape index (κ3) is 4.75. The maximum atomic E-state index is 13.5. The minimum atomic E-state index is -3.93. The Morgan fingerprint density at radius 1 is 0.909 bits per heavy atom. The van der Waals surface area contributed by atoms with Crippen LogP contribution in [0.15, 0.2) is 41.3 Å². The fraction of sp³-hybridized carbons (Fsp3) is 0.458. The summed E-state index contributed by atoms with van der Waals surface area (Å²) in [5.74, 6) is -2.44. The number of benzene rings is 2. The minimum absolute atomic E-state index is 0.0699. The smallest absolute Gasteiger partial charge is 0.243 e.